The molecule has 1 aliphatic rings. The van der Waals surface area contributed by atoms with Gasteiger partial charge in [-0.15, -0.1) is 0 Å². The molecule has 3 rings (SSSR count). The summed E-state index contributed by atoms with van der Waals surface area (Å²) in [6.45, 7) is 1.63. The number of nitro benzene ring substituents is 1. The Morgan fingerprint density at radius 2 is 2.26 bits per heavy atom. The van der Waals surface area contributed by atoms with Gasteiger partial charge in [0.15, 0.2) is 0 Å². The SMILES string of the molecule is Cc1cccc(C(=O)NC2CCCc3c2cnn3C)c1[N+](=O)[O-]. The van der Waals surface area contributed by atoms with Gasteiger partial charge in [0.2, 0.25) is 0 Å². The molecule has 0 spiro atoms. The van der Waals surface area contributed by atoms with Crippen LogP contribution in [-0.2, 0) is 13.5 Å². The van der Waals surface area contributed by atoms with Crippen molar-refractivity contribution >= 4 is 11.6 Å². The van der Waals surface area contributed by atoms with Crippen molar-refractivity contribution in [2.45, 2.75) is 32.2 Å². The summed E-state index contributed by atoms with van der Waals surface area (Å²) in [6.07, 6.45) is 4.46. The van der Waals surface area contributed by atoms with Crippen LogP contribution in [0, 0.1) is 17.0 Å². The van der Waals surface area contributed by atoms with Crippen molar-refractivity contribution in [3.05, 3.63) is 56.9 Å². The Morgan fingerprint density at radius 1 is 1.48 bits per heavy atom. The van der Waals surface area contributed by atoms with E-state index in [1.54, 1.807) is 25.3 Å². The lowest BCUT2D eigenvalue weighted by atomic mass is 9.92. The molecule has 120 valence electrons. The molecule has 1 unspecified atom stereocenters. The molecule has 1 N–H and O–H groups in total. The number of carbonyl (C=O) groups is 1. The first-order chi connectivity index (χ1) is 11.0. The second-order valence-corrected chi connectivity index (χ2v) is 5.82. The summed E-state index contributed by atoms with van der Waals surface area (Å²) >= 11 is 0. The molecule has 1 aromatic carbocycles. The number of nitro groups is 1. The summed E-state index contributed by atoms with van der Waals surface area (Å²) in [7, 11) is 1.88. The average molecular weight is 314 g/mol. The van der Waals surface area contributed by atoms with Crippen molar-refractivity contribution < 1.29 is 9.72 Å². The Kier molecular flexibility index (Phi) is 3.85. The number of aryl methyl sites for hydroxylation is 2. The van der Waals surface area contributed by atoms with Crippen LogP contribution in [-0.4, -0.2) is 20.6 Å². The van der Waals surface area contributed by atoms with Gasteiger partial charge in [-0.05, 0) is 32.3 Å². The van der Waals surface area contributed by atoms with Crippen LogP contribution in [0.4, 0.5) is 5.69 Å². The molecule has 0 fully saturated rings. The Labute approximate surface area is 133 Å². The number of para-hydroxylation sites is 1. The molecule has 0 bridgehead atoms. The minimum Gasteiger partial charge on any atom is -0.345 e. The van der Waals surface area contributed by atoms with Crippen molar-refractivity contribution in [2.24, 2.45) is 7.05 Å². The molecule has 23 heavy (non-hydrogen) atoms. The van der Waals surface area contributed by atoms with E-state index in [-0.39, 0.29) is 17.3 Å². The van der Waals surface area contributed by atoms with E-state index >= 15 is 0 Å². The molecular weight excluding hydrogens is 296 g/mol. The van der Waals surface area contributed by atoms with Crippen LogP contribution >= 0.6 is 0 Å². The molecule has 2 aromatic rings. The van der Waals surface area contributed by atoms with Gasteiger partial charge in [-0.3, -0.25) is 19.6 Å². The predicted octanol–water partition coefficient (Wildman–Crippen LogP) is 2.44. The Balaban J connectivity index is 1.89. The summed E-state index contributed by atoms with van der Waals surface area (Å²) in [5.74, 6) is -0.415. The molecule has 7 nitrogen and oxygen atoms in total. The van der Waals surface area contributed by atoms with E-state index in [4.69, 9.17) is 0 Å². The Hall–Kier alpha value is -2.70. The fourth-order valence-corrected chi connectivity index (χ4v) is 3.18. The van der Waals surface area contributed by atoms with Crippen LogP contribution in [0.15, 0.2) is 24.4 Å². The van der Waals surface area contributed by atoms with Crippen LogP contribution in [0.5, 0.6) is 0 Å². The average Bonchev–Trinajstić information content (AvgIpc) is 2.89. The van der Waals surface area contributed by atoms with Gasteiger partial charge in [-0.25, -0.2) is 0 Å². The van der Waals surface area contributed by atoms with Crippen molar-refractivity contribution in [1.29, 1.82) is 0 Å². The zero-order chi connectivity index (χ0) is 16.6. The van der Waals surface area contributed by atoms with E-state index in [1.165, 1.54) is 6.07 Å². The lowest BCUT2D eigenvalue weighted by Gasteiger charge is -2.23. The maximum absolute atomic E-state index is 12.6. The lowest BCUT2D eigenvalue weighted by molar-refractivity contribution is -0.385. The molecule has 1 aromatic heterocycles. The largest absolute Gasteiger partial charge is 0.345 e. The summed E-state index contributed by atoms with van der Waals surface area (Å²) in [6, 6.07) is 4.63. The Bertz CT molecular complexity index is 782. The third-order valence-electron chi connectivity index (χ3n) is 4.35. The number of hydrogen-bond acceptors (Lipinski definition) is 4. The fraction of sp³-hybridized carbons (Fsp3) is 0.375. The molecule has 1 amide bonds. The molecular formula is C16H18N4O3. The van der Waals surface area contributed by atoms with Crippen molar-refractivity contribution in [1.82, 2.24) is 15.1 Å². The second kappa shape index (κ2) is 5.83. The summed E-state index contributed by atoms with van der Waals surface area (Å²) < 4.78 is 1.82. The van der Waals surface area contributed by atoms with Crippen molar-refractivity contribution in [3.63, 3.8) is 0 Å². The minimum absolute atomic E-state index is 0.103. The highest BCUT2D eigenvalue weighted by Gasteiger charge is 2.28. The van der Waals surface area contributed by atoms with Crippen LogP contribution < -0.4 is 5.32 Å². The summed E-state index contributed by atoms with van der Waals surface area (Å²) in [4.78, 5) is 23.3. The number of benzene rings is 1. The maximum atomic E-state index is 12.6. The molecule has 7 heteroatoms. The van der Waals surface area contributed by atoms with Crippen molar-refractivity contribution in [2.75, 3.05) is 0 Å². The molecule has 0 saturated carbocycles. The van der Waals surface area contributed by atoms with Gasteiger partial charge in [-0.1, -0.05) is 12.1 Å². The van der Waals surface area contributed by atoms with Gasteiger partial charge in [0.1, 0.15) is 5.56 Å². The van der Waals surface area contributed by atoms with Gasteiger partial charge in [-0.2, -0.15) is 5.10 Å². The zero-order valence-electron chi connectivity index (χ0n) is 13.1. The highest BCUT2D eigenvalue weighted by molar-refractivity contribution is 5.98. The van der Waals surface area contributed by atoms with Gasteiger partial charge >= 0.3 is 0 Å². The van der Waals surface area contributed by atoms with E-state index in [0.717, 1.165) is 30.5 Å². The van der Waals surface area contributed by atoms with Gasteiger partial charge in [0.05, 0.1) is 17.2 Å². The number of carbonyl (C=O) groups excluding carboxylic acids is 1. The molecule has 0 aliphatic heterocycles. The van der Waals surface area contributed by atoms with Crippen LogP contribution in [0.1, 0.15) is 46.1 Å². The number of nitrogens with zero attached hydrogens (tertiary/aromatic N) is 3. The monoisotopic (exact) mass is 314 g/mol. The number of aromatic nitrogens is 2. The first-order valence-corrected chi connectivity index (χ1v) is 7.54. The summed E-state index contributed by atoms with van der Waals surface area (Å²) in [5.41, 5.74) is 2.56. The highest BCUT2D eigenvalue weighted by atomic mass is 16.6. The topological polar surface area (TPSA) is 90.1 Å². The summed E-state index contributed by atoms with van der Waals surface area (Å²) in [5, 5.41) is 18.4. The van der Waals surface area contributed by atoms with Gasteiger partial charge in [0.25, 0.3) is 11.6 Å². The molecule has 0 radical (unpaired) electrons. The van der Waals surface area contributed by atoms with Crippen LogP contribution in [0.3, 0.4) is 0 Å². The predicted molar refractivity (Wildman–Crippen MR) is 84.2 cm³/mol. The maximum Gasteiger partial charge on any atom is 0.285 e. The number of rotatable bonds is 3. The van der Waals surface area contributed by atoms with E-state index < -0.39 is 10.8 Å². The smallest absolute Gasteiger partial charge is 0.285 e. The minimum atomic E-state index is -0.499. The second-order valence-electron chi connectivity index (χ2n) is 5.82. The van der Waals surface area contributed by atoms with E-state index in [9.17, 15) is 14.9 Å². The van der Waals surface area contributed by atoms with E-state index in [0.29, 0.717) is 5.56 Å². The first-order valence-electron chi connectivity index (χ1n) is 7.54. The number of fused-ring (bicyclic) bond motifs is 1. The third kappa shape index (κ3) is 2.69. The first kappa shape index (κ1) is 15.2. The standard InChI is InChI=1S/C16H18N4O3/c1-10-5-3-6-11(15(10)20(22)23)16(21)18-13-7-4-8-14-12(13)9-17-19(14)2/h3,5-6,9,13H,4,7-8H2,1-2H3,(H,18,21). The van der Waals surface area contributed by atoms with E-state index in [2.05, 4.69) is 10.4 Å². The zero-order valence-corrected chi connectivity index (χ0v) is 13.1. The molecule has 1 atom stereocenters. The number of amides is 1. The fourth-order valence-electron chi connectivity index (χ4n) is 3.18. The third-order valence-corrected chi connectivity index (χ3v) is 4.35. The molecule has 1 heterocycles. The quantitative estimate of drug-likeness (QED) is 0.696. The van der Waals surface area contributed by atoms with E-state index in [1.807, 2.05) is 11.7 Å². The lowest BCUT2D eigenvalue weighted by Crippen LogP contribution is -2.31. The highest BCUT2D eigenvalue weighted by Crippen LogP contribution is 2.30. The molecule has 1 aliphatic carbocycles. The van der Waals surface area contributed by atoms with Gasteiger partial charge < -0.3 is 5.32 Å². The molecule has 0 saturated heterocycles. The Morgan fingerprint density at radius 3 is 3.00 bits per heavy atom. The number of hydrogen-bond donors (Lipinski definition) is 1. The van der Waals surface area contributed by atoms with Crippen LogP contribution in [0.2, 0.25) is 0 Å². The van der Waals surface area contributed by atoms with Gasteiger partial charge in [0, 0.05) is 23.9 Å². The number of nitrogens with one attached hydrogen (secondary N) is 1. The van der Waals surface area contributed by atoms with Crippen LogP contribution in [0.25, 0.3) is 0 Å². The van der Waals surface area contributed by atoms with Crippen molar-refractivity contribution in [3.8, 4) is 0 Å². The normalized spacial score (nSPS) is 16.7.